The number of allylic oxidation sites excluding steroid dienone is 2. The van der Waals surface area contributed by atoms with Gasteiger partial charge < -0.3 is 15.4 Å². The number of benzene rings is 2. The van der Waals surface area contributed by atoms with E-state index in [1.54, 1.807) is 7.11 Å². The van der Waals surface area contributed by atoms with Crippen LogP contribution in [0, 0.1) is 5.92 Å². The maximum Gasteiger partial charge on any atom is 0.251 e. The molecule has 0 aromatic heterocycles. The van der Waals surface area contributed by atoms with Crippen molar-refractivity contribution in [3.63, 3.8) is 0 Å². The van der Waals surface area contributed by atoms with Crippen molar-refractivity contribution in [3.8, 4) is 0 Å². The molecule has 0 fully saturated rings. The van der Waals surface area contributed by atoms with Gasteiger partial charge in [-0.15, -0.1) is 0 Å². The highest BCUT2D eigenvalue weighted by molar-refractivity contribution is 9.10. The van der Waals surface area contributed by atoms with Crippen molar-refractivity contribution in [3.05, 3.63) is 75.8 Å². The van der Waals surface area contributed by atoms with Gasteiger partial charge in [0.25, 0.3) is 5.91 Å². The molecule has 4 nitrogen and oxygen atoms in total. The number of hydrogen-bond acceptors (Lipinski definition) is 3. The maximum atomic E-state index is 12.4. The lowest BCUT2D eigenvalue weighted by Crippen LogP contribution is -2.30. The van der Waals surface area contributed by atoms with Gasteiger partial charge in [-0.1, -0.05) is 40.2 Å². The van der Waals surface area contributed by atoms with Crippen LogP contribution in [-0.2, 0) is 4.74 Å². The van der Waals surface area contributed by atoms with Gasteiger partial charge in [0.05, 0.1) is 12.6 Å². The van der Waals surface area contributed by atoms with E-state index in [0.29, 0.717) is 30.6 Å². The Morgan fingerprint density at radius 2 is 2.07 bits per heavy atom. The Labute approximate surface area is 168 Å². The Morgan fingerprint density at radius 1 is 1.26 bits per heavy atom. The first kappa shape index (κ1) is 18.3. The van der Waals surface area contributed by atoms with E-state index in [2.05, 4.69) is 63.0 Å². The van der Waals surface area contributed by atoms with Crippen LogP contribution in [0.25, 0.3) is 0 Å². The highest BCUT2D eigenvalue weighted by atomic mass is 79.9. The van der Waals surface area contributed by atoms with E-state index in [4.69, 9.17) is 4.74 Å². The number of rotatable bonds is 5. The highest BCUT2D eigenvalue weighted by Crippen LogP contribution is 2.49. The summed E-state index contributed by atoms with van der Waals surface area (Å²) < 4.78 is 6.09. The highest BCUT2D eigenvalue weighted by Gasteiger charge is 2.38. The number of hydrogen-bond donors (Lipinski definition) is 2. The zero-order valence-electron chi connectivity index (χ0n) is 15.2. The van der Waals surface area contributed by atoms with Crippen molar-refractivity contribution in [2.75, 3.05) is 25.6 Å². The monoisotopic (exact) mass is 426 g/mol. The molecular formula is C22H23BrN2O2. The fourth-order valence-corrected chi connectivity index (χ4v) is 4.37. The minimum absolute atomic E-state index is 0.0524. The molecule has 1 aliphatic carbocycles. The van der Waals surface area contributed by atoms with Crippen molar-refractivity contribution in [1.29, 1.82) is 0 Å². The van der Waals surface area contributed by atoms with Crippen molar-refractivity contribution in [1.82, 2.24) is 5.32 Å². The number of methoxy groups -OCH3 is 1. The van der Waals surface area contributed by atoms with E-state index in [1.807, 2.05) is 18.2 Å². The summed E-state index contributed by atoms with van der Waals surface area (Å²) in [6, 6.07) is 14.8. The van der Waals surface area contributed by atoms with Gasteiger partial charge >= 0.3 is 0 Å². The van der Waals surface area contributed by atoms with Gasteiger partial charge in [-0.25, -0.2) is 0 Å². The number of ether oxygens (including phenoxy) is 1. The fourth-order valence-electron chi connectivity index (χ4n) is 4.10. The largest absolute Gasteiger partial charge is 0.383 e. The smallest absolute Gasteiger partial charge is 0.251 e. The molecule has 2 aliphatic rings. The second kappa shape index (κ2) is 7.87. The Balaban J connectivity index is 1.61. The molecule has 0 radical (unpaired) electrons. The average Bonchev–Trinajstić information content (AvgIpc) is 3.18. The first-order valence-corrected chi connectivity index (χ1v) is 10.1. The van der Waals surface area contributed by atoms with Crippen molar-refractivity contribution >= 4 is 27.5 Å². The Hall–Kier alpha value is -2.11. The number of nitrogens with one attached hydrogen (secondary N) is 2. The van der Waals surface area contributed by atoms with Crippen molar-refractivity contribution < 1.29 is 9.53 Å². The van der Waals surface area contributed by atoms with E-state index >= 15 is 0 Å². The molecule has 3 atom stereocenters. The van der Waals surface area contributed by atoms with Crippen LogP contribution in [0.3, 0.4) is 0 Å². The second-order valence-corrected chi connectivity index (χ2v) is 7.99. The van der Waals surface area contributed by atoms with Crippen LogP contribution in [0.4, 0.5) is 5.69 Å². The average molecular weight is 427 g/mol. The van der Waals surface area contributed by atoms with E-state index in [9.17, 15) is 4.79 Å². The quantitative estimate of drug-likeness (QED) is 0.540. The molecule has 2 aromatic rings. The van der Waals surface area contributed by atoms with Gasteiger partial charge in [-0.05, 0) is 53.8 Å². The zero-order valence-corrected chi connectivity index (χ0v) is 16.8. The number of carbonyl (C=O) groups is 1. The first-order chi connectivity index (χ1) is 13.2. The molecule has 5 heteroatoms. The third-order valence-corrected chi connectivity index (χ3v) is 5.97. The van der Waals surface area contributed by atoms with Gasteiger partial charge in [0.15, 0.2) is 0 Å². The molecule has 1 amide bonds. The number of amides is 1. The van der Waals surface area contributed by atoms with Crippen LogP contribution in [0.2, 0.25) is 0 Å². The molecule has 0 saturated heterocycles. The molecule has 0 saturated carbocycles. The molecule has 1 aliphatic heterocycles. The van der Waals surface area contributed by atoms with Crippen molar-refractivity contribution in [2.45, 2.75) is 18.4 Å². The third-order valence-electron chi connectivity index (χ3n) is 5.45. The third kappa shape index (κ3) is 3.66. The summed E-state index contributed by atoms with van der Waals surface area (Å²) in [5, 5.41) is 6.62. The Bertz CT molecular complexity index is 863. The van der Waals surface area contributed by atoms with Crippen LogP contribution in [-0.4, -0.2) is 26.2 Å². The van der Waals surface area contributed by atoms with Gasteiger partial charge in [-0.3, -0.25) is 4.79 Å². The molecule has 0 unspecified atom stereocenters. The van der Waals surface area contributed by atoms with Crippen LogP contribution in [0.1, 0.15) is 39.9 Å². The summed E-state index contributed by atoms with van der Waals surface area (Å²) in [6.07, 6.45) is 5.61. The number of anilines is 1. The summed E-state index contributed by atoms with van der Waals surface area (Å²) in [5.74, 6) is 0.746. The molecule has 4 rings (SSSR count). The minimum atomic E-state index is -0.0524. The van der Waals surface area contributed by atoms with Gasteiger partial charge in [0.1, 0.15) is 0 Å². The number of halogens is 1. The normalized spacial score (nSPS) is 22.7. The number of carbonyl (C=O) groups excluding carboxylic acids is 1. The molecule has 27 heavy (non-hydrogen) atoms. The number of fused-ring (bicyclic) bond motifs is 3. The summed E-state index contributed by atoms with van der Waals surface area (Å²) >= 11 is 3.52. The van der Waals surface area contributed by atoms with Crippen LogP contribution in [0.5, 0.6) is 0 Å². The lowest BCUT2D eigenvalue weighted by Gasteiger charge is -2.37. The van der Waals surface area contributed by atoms with Gasteiger partial charge in [0.2, 0.25) is 0 Å². The first-order valence-electron chi connectivity index (χ1n) is 9.27. The predicted octanol–water partition coefficient (Wildman–Crippen LogP) is 4.65. The summed E-state index contributed by atoms with van der Waals surface area (Å²) in [6.45, 7) is 1.03. The molecule has 0 bridgehead atoms. The molecular weight excluding hydrogens is 404 g/mol. The minimum Gasteiger partial charge on any atom is -0.383 e. The lowest BCUT2D eigenvalue weighted by molar-refractivity contribution is 0.0937. The van der Waals surface area contributed by atoms with E-state index in [-0.39, 0.29) is 11.9 Å². The fraction of sp³-hybridized carbons (Fsp3) is 0.318. The van der Waals surface area contributed by atoms with Gasteiger partial charge in [0, 0.05) is 35.3 Å². The van der Waals surface area contributed by atoms with Crippen LogP contribution < -0.4 is 10.6 Å². The topological polar surface area (TPSA) is 50.4 Å². The van der Waals surface area contributed by atoms with E-state index in [1.165, 1.54) is 11.1 Å². The standard InChI is InChI=1S/C22H23BrN2O2/c1-27-12-11-24-22(26)15-7-10-20-19(13-15)17-3-2-4-18(17)21(25-20)14-5-8-16(23)9-6-14/h2-3,5-10,13,17-18,21,25H,4,11-12H2,1H3,(H,24,26)/t17-,18+,21-/m1/s1. The van der Waals surface area contributed by atoms with Crippen LogP contribution in [0.15, 0.2) is 59.1 Å². The molecule has 140 valence electrons. The van der Waals surface area contributed by atoms with Gasteiger partial charge in [-0.2, -0.15) is 0 Å². The zero-order chi connectivity index (χ0) is 18.8. The second-order valence-electron chi connectivity index (χ2n) is 7.08. The molecule has 2 aromatic carbocycles. The SMILES string of the molecule is COCCNC(=O)c1ccc2c(c1)[C@@H]1C=CC[C@@H]1[C@@H](c1ccc(Br)cc1)N2. The van der Waals surface area contributed by atoms with E-state index in [0.717, 1.165) is 16.6 Å². The molecule has 2 N–H and O–H groups in total. The van der Waals surface area contributed by atoms with Crippen LogP contribution >= 0.6 is 15.9 Å². The molecule has 0 spiro atoms. The summed E-state index contributed by atoms with van der Waals surface area (Å²) in [4.78, 5) is 12.4. The Morgan fingerprint density at radius 3 is 2.85 bits per heavy atom. The summed E-state index contributed by atoms with van der Waals surface area (Å²) in [7, 11) is 1.63. The Kier molecular flexibility index (Phi) is 5.32. The summed E-state index contributed by atoms with van der Waals surface area (Å²) in [5.41, 5.74) is 4.32. The lowest BCUT2D eigenvalue weighted by atomic mass is 9.76. The van der Waals surface area contributed by atoms with Crippen molar-refractivity contribution in [2.24, 2.45) is 5.92 Å². The predicted molar refractivity (Wildman–Crippen MR) is 111 cm³/mol. The van der Waals surface area contributed by atoms with E-state index < -0.39 is 0 Å². The molecule has 1 heterocycles. The maximum absolute atomic E-state index is 12.4.